The van der Waals surface area contributed by atoms with Crippen molar-refractivity contribution in [1.29, 1.82) is 0 Å². The SMILES string of the molecule is CC(CCCC(C)C(=O)O)NC(=O)N(C)C1CCCC1. The monoisotopic (exact) mass is 284 g/mol. The zero-order chi connectivity index (χ0) is 15.1. The number of carboxylic acid groups (broad SMARTS) is 1. The van der Waals surface area contributed by atoms with Crippen LogP contribution in [0.1, 0.15) is 58.8 Å². The van der Waals surface area contributed by atoms with Crippen molar-refractivity contribution in [2.75, 3.05) is 7.05 Å². The van der Waals surface area contributed by atoms with Crippen LogP contribution in [-0.2, 0) is 4.79 Å². The fourth-order valence-electron chi connectivity index (χ4n) is 2.70. The van der Waals surface area contributed by atoms with Crippen molar-refractivity contribution >= 4 is 12.0 Å². The highest BCUT2D eigenvalue weighted by Crippen LogP contribution is 2.22. The maximum absolute atomic E-state index is 12.1. The molecule has 1 aliphatic rings. The summed E-state index contributed by atoms with van der Waals surface area (Å²) in [5, 5.41) is 11.8. The summed E-state index contributed by atoms with van der Waals surface area (Å²) in [6.07, 6.45) is 6.94. The van der Waals surface area contributed by atoms with Gasteiger partial charge in [-0.05, 0) is 32.6 Å². The molecule has 1 rings (SSSR count). The Morgan fingerprint density at radius 1 is 1.25 bits per heavy atom. The molecule has 0 bridgehead atoms. The molecule has 0 heterocycles. The first-order valence-electron chi connectivity index (χ1n) is 7.68. The summed E-state index contributed by atoms with van der Waals surface area (Å²) in [4.78, 5) is 24.6. The van der Waals surface area contributed by atoms with Crippen molar-refractivity contribution in [3.05, 3.63) is 0 Å². The predicted octanol–water partition coefficient (Wildman–Crippen LogP) is 2.85. The second-order valence-corrected chi connectivity index (χ2v) is 6.07. The molecule has 1 aliphatic carbocycles. The number of rotatable bonds is 7. The van der Waals surface area contributed by atoms with Gasteiger partial charge in [0.2, 0.25) is 0 Å². The normalized spacial score (nSPS) is 18.6. The third-order valence-electron chi connectivity index (χ3n) is 4.26. The van der Waals surface area contributed by atoms with Crippen molar-refractivity contribution in [3.8, 4) is 0 Å². The Morgan fingerprint density at radius 3 is 2.40 bits per heavy atom. The maximum atomic E-state index is 12.1. The molecule has 0 spiro atoms. The number of hydrogen-bond donors (Lipinski definition) is 2. The van der Waals surface area contributed by atoms with Crippen LogP contribution in [0.3, 0.4) is 0 Å². The lowest BCUT2D eigenvalue weighted by Crippen LogP contribution is -2.45. The molecule has 2 amide bonds. The van der Waals surface area contributed by atoms with Crippen LogP contribution in [0, 0.1) is 5.92 Å². The third-order valence-corrected chi connectivity index (χ3v) is 4.26. The number of nitrogens with one attached hydrogen (secondary N) is 1. The zero-order valence-corrected chi connectivity index (χ0v) is 12.9. The Hall–Kier alpha value is -1.26. The number of hydrogen-bond acceptors (Lipinski definition) is 2. The van der Waals surface area contributed by atoms with Gasteiger partial charge in [0.1, 0.15) is 0 Å². The minimum Gasteiger partial charge on any atom is -0.481 e. The van der Waals surface area contributed by atoms with Crippen LogP contribution in [0.2, 0.25) is 0 Å². The Morgan fingerprint density at radius 2 is 1.85 bits per heavy atom. The first-order chi connectivity index (χ1) is 9.41. The standard InChI is InChI=1S/C15H28N2O3/c1-11(14(18)19)7-6-8-12(2)16-15(20)17(3)13-9-4-5-10-13/h11-13H,4-10H2,1-3H3,(H,16,20)(H,18,19). The lowest BCUT2D eigenvalue weighted by atomic mass is 10.0. The molecule has 0 radical (unpaired) electrons. The molecule has 0 aliphatic heterocycles. The molecule has 1 saturated carbocycles. The Bertz CT molecular complexity index is 327. The maximum Gasteiger partial charge on any atom is 0.317 e. The number of carboxylic acids is 1. The van der Waals surface area contributed by atoms with Crippen LogP contribution < -0.4 is 5.32 Å². The summed E-state index contributed by atoms with van der Waals surface area (Å²) in [6, 6.07) is 0.470. The minimum absolute atomic E-state index is 0.00400. The van der Waals surface area contributed by atoms with E-state index in [9.17, 15) is 9.59 Å². The van der Waals surface area contributed by atoms with Crippen LogP contribution in [-0.4, -0.2) is 41.1 Å². The van der Waals surface area contributed by atoms with Crippen LogP contribution in [0.25, 0.3) is 0 Å². The van der Waals surface area contributed by atoms with E-state index in [2.05, 4.69) is 5.32 Å². The van der Waals surface area contributed by atoms with Gasteiger partial charge in [0.05, 0.1) is 5.92 Å². The number of urea groups is 1. The molecule has 0 aromatic heterocycles. The first kappa shape index (κ1) is 16.8. The molecule has 0 aromatic rings. The summed E-state index contributed by atoms with van der Waals surface area (Å²) in [5.74, 6) is -1.05. The molecule has 116 valence electrons. The Labute approximate surface area is 121 Å². The number of nitrogens with zero attached hydrogens (tertiary/aromatic N) is 1. The van der Waals surface area contributed by atoms with Gasteiger partial charge < -0.3 is 15.3 Å². The van der Waals surface area contributed by atoms with Gasteiger partial charge in [-0.25, -0.2) is 4.79 Å². The molecule has 2 unspecified atom stereocenters. The van der Waals surface area contributed by atoms with Crippen molar-refractivity contribution in [2.24, 2.45) is 5.92 Å². The van der Waals surface area contributed by atoms with Crippen LogP contribution in [0.5, 0.6) is 0 Å². The molecule has 5 heteroatoms. The van der Waals surface area contributed by atoms with Gasteiger partial charge in [0.15, 0.2) is 0 Å². The molecule has 5 nitrogen and oxygen atoms in total. The van der Waals surface area contributed by atoms with E-state index >= 15 is 0 Å². The molecule has 20 heavy (non-hydrogen) atoms. The molecule has 0 saturated heterocycles. The van der Waals surface area contributed by atoms with E-state index in [1.54, 1.807) is 6.92 Å². The molecule has 0 aromatic carbocycles. The van der Waals surface area contributed by atoms with Crippen LogP contribution in [0.15, 0.2) is 0 Å². The molecular formula is C15H28N2O3. The van der Waals surface area contributed by atoms with Gasteiger partial charge in [-0.15, -0.1) is 0 Å². The fourth-order valence-corrected chi connectivity index (χ4v) is 2.70. The van der Waals surface area contributed by atoms with Crippen molar-refractivity contribution < 1.29 is 14.7 Å². The van der Waals surface area contributed by atoms with E-state index in [1.807, 2.05) is 18.9 Å². The highest BCUT2D eigenvalue weighted by molar-refractivity contribution is 5.74. The smallest absolute Gasteiger partial charge is 0.317 e. The van der Waals surface area contributed by atoms with E-state index in [4.69, 9.17) is 5.11 Å². The van der Waals surface area contributed by atoms with Crippen LogP contribution in [0.4, 0.5) is 4.79 Å². The van der Waals surface area contributed by atoms with Gasteiger partial charge in [0, 0.05) is 19.1 Å². The van der Waals surface area contributed by atoms with Crippen LogP contribution >= 0.6 is 0 Å². The molecule has 1 fully saturated rings. The highest BCUT2D eigenvalue weighted by Gasteiger charge is 2.24. The van der Waals surface area contributed by atoms with E-state index in [-0.39, 0.29) is 18.0 Å². The second-order valence-electron chi connectivity index (χ2n) is 6.07. The summed E-state index contributed by atoms with van der Waals surface area (Å²) < 4.78 is 0. The second kappa shape index (κ2) is 8.12. The Kier molecular flexibility index (Phi) is 6.82. The molecule has 2 atom stereocenters. The topological polar surface area (TPSA) is 69.6 Å². The molecule has 2 N–H and O–H groups in total. The fraction of sp³-hybridized carbons (Fsp3) is 0.867. The van der Waals surface area contributed by atoms with E-state index in [0.29, 0.717) is 12.5 Å². The largest absolute Gasteiger partial charge is 0.481 e. The number of aliphatic carboxylic acids is 1. The number of amides is 2. The lowest BCUT2D eigenvalue weighted by Gasteiger charge is -2.26. The van der Waals surface area contributed by atoms with Crippen molar-refractivity contribution in [1.82, 2.24) is 10.2 Å². The Balaban J connectivity index is 2.22. The summed E-state index contributed by atoms with van der Waals surface area (Å²) >= 11 is 0. The average Bonchev–Trinajstić information content (AvgIpc) is 2.91. The minimum atomic E-state index is -0.748. The summed E-state index contributed by atoms with van der Waals surface area (Å²) in [5.41, 5.74) is 0. The van der Waals surface area contributed by atoms with Crippen molar-refractivity contribution in [3.63, 3.8) is 0 Å². The summed E-state index contributed by atoms with van der Waals surface area (Å²) in [7, 11) is 1.87. The number of carbonyl (C=O) groups excluding carboxylic acids is 1. The predicted molar refractivity (Wildman–Crippen MR) is 78.7 cm³/mol. The van der Waals surface area contributed by atoms with E-state index in [1.165, 1.54) is 12.8 Å². The van der Waals surface area contributed by atoms with Gasteiger partial charge in [-0.1, -0.05) is 26.2 Å². The number of carbonyl (C=O) groups is 2. The lowest BCUT2D eigenvalue weighted by molar-refractivity contribution is -0.141. The average molecular weight is 284 g/mol. The van der Waals surface area contributed by atoms with Gasteiger partial charge in [-0.2, -0.15) is 0 Å². The van der Waals surface area contributed by atoms with E-state index < -0.39 is 5.97 Å². The first-order valence-corrected chi connectivity index (χ1v) is 7.68. The highest BCUT2D eigenvalue weighted by atomic mass is 16.4. The quantitative estimate of drug-likeness (QED) is 0.755. The summed E-state index contributed by atoms with van der Waals surface area (Å²) in [6.45, 7) is 3.70. The van der Waals surface area contributed by atoms with Gasteiger partial charge in [-0.3, -0.25) is 4.79 Å². The van der Waals surface area contributed by atoms with Gasteiger partial charge >= 0.3 is 12.0 Å². The third kappa shape index (κ3) is 5.39. The van der Waals surface area contributed by atoms with E-state index in [0.717, 1.165) is 25.7 Å². The van der Waals surface area contributed by atoms with Gasteiger partial charge in [0.25, 0.3) is 0 Å². The van der Waals surface area contributed by atoms with Crippen molar-refractivity contribution in [2.45, 2.75) is 70.9 Å². The zero-order valence-electron chi connectivity index (χ0n) is 12.9. The molecular weight excluding hydrogens is 256 g/mol.